The van der Waals surface area contributed by atoms with Crippen molar-refractivity contribution in [2.24, 2.45) is 0 Å². The maximum Gasteiger partial charge on any atom is 0.326 e. The number of hydrogen-bond donors (Lipinski definition) is 4. The van der Waals surface area contributed by atoms with Crippen LogP contribution in [0.25, 0.3) is 0 Å². The van der Waals surface area contributed by atoms with E-state index in [1.54, 1.807) is 0 Å². The third kappa shape index (κ3) is 5.68. The summed E-state index contributed by atoms with van der Waals surface area (Å²) in [6.07, 6.45) is 2.12. The van der Waals surface area contributed by atoms with Crippen molar-refractivity contribution in [3.63, 3.8) is 0 Å². The third-order valence-electron chi connectivity index (χ3n) is 3.10. The number of aliphatic carboxylic acids is 2. The molecule has 0 aliphatic heterocycles. The van der Waals surface area contributed by atoms with Gasteiger partial charge in [0.15, 0.2) is 0 Å². The predicted octanol–water partition coefficient (Wildman–Crippen LogP) is 0.888. The summed E-state index contributed by atoms with van der Waals surface area (Å²) in [6, 6.07) is -2.00. The number of rotatable bonds is 7. The number of urea groups is 1. The summed E-state index contributed by atoms with van der Waals surface area (Å²) in [5.41, 5.74) is 0. The van der Waals surface area contributed by atoms with Crippen LogP contribution in [0.5, 0.6) is 0 Å². The lowest BCUT2D eigenvalue weighted by Crippen LogP contribution is -2.49. The van der Waals surface area contributed by atoms with E-state index >= 15 is 0 Å². The van der Waals surface area contributed by atoms with E-state index in [9.17, 15) is 14.4 Å². The molecular formula is C12H20N2O5S. The van der Waals surface area contributed by atoms with Gasteiger partial charge in [-0.15, -0.1) is 0 Å². The fourth-order valence-corrected chi connectivity index (χ4v) is 3.36. The second-order valence-corrected chi connectivity index (χ2v) is 6.27. The number of nitrogens with one attached hydrogen (secondary N) is 2. The molecule has 1 aliphatic rings. The van der Waals surface area contributed by atoms with E-state index in [0.29, 0.717) is 5.25 Å². The first-order valence-electron chi connectivity index (χ1n) is 6.55. The minimum Gasteiger partial charge on any atom is -0.481 e. The van der Waals surface area contributed by atoms with Crippen LogP contribution in [0.3, 0.4) is 0 Å². The zero-order chi connectivity index (χ0) is 15.1. The number of carboxylic acid groups (broad SMARTS) is 2. The molecule has 4 N–H and O–H groups in total. The molecule has 0 aromatic carbocycles. The van der Waals surface area contributed by atoms with E-state index in [0.717, 1.165) is 25.0 Å². The lowest BCUT2D eigenvalue weighted by Gasteiger charge is -2.17. The van der Waals surface area contributed by atoms with Gasteiger partial charge in [-0.3, -0.25) is 4.79 Å². The molecule has 7 nitrogen and oxygen atoms in total. The largest absolute Gasteiger partial charge is 0.481 e. The molecule has 1 fully saturated rings. The summed E-state index contributed by atoms with van der Waals surface area (Å²) < 4.78 is 0. The van der Waals surface area contributed by atoms with Gasteiger partial charge < -0.3 is 20.8 Å². The van der Waals surface area contributed by atoms with Gasteiger partial charge in [-0.05, 0) is 25.0 Å². The Morgan fingerprint density at radius 3 is 2.55 bits per heavy atom. The smallest absolute Gasteiger partial charge is 0.326 e. The summed E-state index contributed by atoms with van der Waals surface area (Å²) in [4.78, 5) is 33.0. The van der Waals surface area contributed by atoms with Gasteiger partial charge in [0.2, 0.25) is 0 Å². The first-order chi connectivity index (χ1) is 9.42. The first kappa shape index (κ1) is 16.6. The molecule has 1 rings (SSSR count). The maximum absolute atomic E-state index is 11.7. The molecule has 0 aromatic rings. The SMILES string of the molecule is CCSC1CCC(NC(=O)N[C@H](CC(=O)O)C(=O)O)C1. The molecule has 0 bridgehead atoms. The van der Waals surface area contributed by atoms with E-state index in [1.165, 1.54) is 0 Å². The summed E-state index contributed by atoms with van der Waals surface area (Å²) in [5.74, 6) is -1.59. The summed E-state index contributed by atoms with van der Waals surface area (Å²) in [6.45, 7) is 2.08. The second-order valence-electron chi connectivity index (χ2n) is 4.69. The Kier molecular flexibility index (Phi) is 6.63. The van der Waals surface area contributed by atoms with Crippen molar-refractivity contribution in [3.05, 3.63) is 0 Å². The minimum absolute atomic E-state index is 0.0262. The van der Waals surface area contributed by atoms with Gasteiger partial charge in [0.05, 0.1) is 6.42 Å². The average molecular weight is 304 g/mol. The first-order valence-corrected chi connectivity index (χ1v) is 7.60. The van der Waals surface area contributed by atoms with E-state index < -0.39 is 30.4 Å². The van der Waals surface area contributed by atoms with Crippen LogP contribution in [-0.2, 0) is 9.59 Å². The standard InChI is InChI=1S/C12H20N2O5S/c1-2-20-8-4-3-7(5-8)13-12(19)14-9(11(17)18)6-10(15)16/h7-9H,2-6H2,1H3,(H,15,16)(H,17,18)(H2,13,14,19)/t7?,8?,9-/m1/s1. The van der Waals surface area contributed by atoms with Crippen LogP contribution < -0.4 is 10.6 Å². The zero-order valence-corrected chi connectivity index (χ0v) is 12.1. The van der Waals surface area contributed by atoms with Crippen LogP contribution in [0.2, 0.25) is 0 Å². The quantitative estimate of drug-likeness (QED) is 0.555. The number of carbonyl (C=O) groups excluding carboxylic acids is 1. The van der Waals surface area contributed by atoms with Gasteiger partial charge in [-0.25, -0.2) is 9.59 Å². The molecule has 0 radical (unpaired) electrons. The van der Waals surface area contributed by atoms with Crippen molar-refractivity contribution in [1.82, 2.24) is 10.6 Å². The minimum atomic E-state index is -1.41. The van der Waals surface area contributed by atoms with E-state index in [4.69, 9.17) is 10.2 Å². The Morgan fingerprint density at radius 1 is 1.30 bits per heavy atom. The second kappa shape index (κ2) is 7.98. The summed E-state index contributed by atoms with van der Waals surface area (Å²) >= 11 is 1.85. The van der Waals surface area contributed by atoms with Crippen molar-refractivity contribution in [2.75, 3.05) is 5.75 Å². The molecular weight excluding hydrogens is 284 g/mol. The molecule has 3 atom stereocenters. The molecule has 1 aliphatic carbocycles. The van der Waals surface area contributed by atoms with Crippen LogP contribution in [0, 0.1) is 0 Å². The Morgan fingerprint density at radius 2 is 2.00 bits per heavy atom. The van der Waals surface area contributed by atoms with E-state index in [-0.39, 0.29) is 6.04 Å². The molecule has 0 spiro atoms. The Labute approximate surface area is 121 Å². The Balaban J connectivity index is 2.38. The van der Waals surface area contributed by atoms with Gasteiger partial charge in [0.1, 0.15) is 6.04 Å². The molecule has 0 heterocycles. The molecule has 1 saturated carbocycles. The fraction of sp³-hybridized carbons (Fsp3) is 0.750. The number of amides is 2. The number of hydrogen-bond acceptors (Lipinski definition) is 4. The molecule has 20 heavy (non-hydrogen) atoms. The number of carbonyl (C=O) groups is 3. The highest BCUT2D eigenvalue weighted by Crippen LogP contribution is 2.29. The summed E-state index contributed by atoms with van der Waals surface area (Å²) in [7, 11) is 0. The third-order valence-corrected chi connectivity index (χ3v) is 4.34. The van der Waals surface area contributed by atoms with Crippen molar-refractivity contribution >= 4 is 29.7 Å². The fourth-order valence-electron chi connectivity index (χ4n) is 2.22. The maximum atomic E-state index is 11.7. The molecule has 0 saturated heterocycles. The lowest BCUT2D eigenvalue weighted by atomic mass is 10.2. The van der Waals surface area contributed by atoms with Crippen LogP contribution >= 0.6 is 11.8 Å². The van der Waals surface area contributed by atoms with Crippen LogP contribution in [0.15, 0.2) is 0 Å². The highest BCUT2D eigenvalue weighted by molar-refractivity contribution is 7.99. The van der Waals surface area contributed by atoms with Gasteiger partial charge in [0.25, 0.3) is 0 Å². The van der Waals surface area contributed by atoms with Crippen molar-refractivity contribution in [2.45, 2.75) is 49.9 Å². The van der Waals surface area contributed by atoms with Crippen molar-refractivity contribution in [1.29, 1.82) is 0 Å². The highest BCUT2D eigenvalue weighted by Gasteiger charge is 2.28. The van der Waals surface area contributed by atoms with Crippen molar-refractivity contribution < 1.29 is 24.6 Å². The van der Waals surface area contributed by atoms with Crippen molar-refractivity contribution in [3.8, 4) is 0 Å². The lowest BCUT2D eigenvalue weighted by molar-refractivity contribution is -0.145. The van der Waals surface area contributed by atoms with Crippen LogP contribution in [0.1, 0.15) is 32.6 Å². The normalized spacial score (nSPS) is 23.1. The monoisotopic (exact) mass is 304 g/mol. The number of carboxylic acids is 2. The molecule has 114 valence electrons. The average Bonchev–Trinajstić information content (AvgIpc) is 2.75. The van der Waals surface area contributed by atoms with E-state index in [1.807, 2.05) is 11.8 Å². The van der Waals surface area contributed by atoms with E-state index in [2.05, 4.69) is 17.6 Å². The molecule has 2 amide bonds. The van der Waals surface area contributed by atoms with Crippen LogP contribution in [-0.4, -0.2) is 51.3 Å². The van der Waals surface area contributed by atoms with Crippen LogP contribution in [0.4, 0.5) is 4.79 Å². The topological polar surface area (TPSA) is 116 Å². The van der Waals surface area contributed by atoms with Gasteiger partial charge in [-0.1, -0.05) is 6.92 Å². The zero-order valence-electron chi connectivity index (χ0n) is 11.3. The van der Waals surface area contributed by atoms with Gasteiger partial charge in [-0.2, -0.15) is 11.8 Å². The predicted molar refractivity (Wildman–Crippen MR) is 74.9 cm³/mol. The van der Waals surface area contributed by atoms with Gasteiger partial charge >= 0.3 is 18.0 Å². The molecule has 8 heteroatoms. The highest BCUT2D eigenvalue weighted by atomic mass is 32.2. The Bertz CT molecular complexity index is 377. The van der Waals surface area contributed by atoms with Gasteiger partial charge in [0, 0.05) is 11.3 Å². The molecule has 0 aromatic heterocycles. The Hall–Kier alpha value is -1.44. The molecule has 2 unspecified atom stereocenters. The number of thioether (sulfide) groups is 1. The summed E-state index contributed by atoms with van der Waals surface area (Å²) in [5, 5.41) is 22.8.